The van der Waals surface area contributed by atoms with E-state index < -0.39 is 47.2 Å². The van der Waals surface area contributed by atoms with Crippen molar-refractivity contribution < 1.29 is 47.6 Å². The number of esters is 1. The Labute approximate surface area is 231 Å². The number of nitrogens with one attached hydrogen (secondary N) is 1. The number of hydrogen-bond acceptors (Lipinski definition) is 10. The maximum atomic E-state index is 12.4. The van der Waals surface area contributed by atoms with Gasteiger partial charge in [0.2, 0.25) is 0 Å². The second kappa shape index (κ2) is 12.7. The quantitative estimate of drug-likeness (QED) is 0.184. The van der Waals surface area contributed by atoms with Crippen LogP contribution in [-0.2, 0) is 30.2 Å². The summed E-state index contributed by atoms with van der Waals surface area (Å²) in [7, 11) is 1.19. The van der Waals surface area contributed by atoms with Gasteiger partial charge in [-0.15, -0.1) is 0 Å². The summed E-state index contributed by atoms with van der Waals surface area (Å²) >= 11 is 1.96. The van der Waals surface area contributed by atoms with Crippen molar-refractivity contribution in [2.75, 3.05) is 7.11 Å². The van der Waals surface area contributed by atoms with Crippen molar-refractivity contribution in [3.63, 3.8) is 0 Å². The highest BCUT2D eigenvalue weighted by Crippen LogP contribution is 2.34. The van der Waals surface area contributed by atoms with Crippen molar-refractivity contribution in [3.8, 4) is 11.5 Å². The zero-order chi connectivity index (χ0) is 28.8. The SMILES string of the molecule is COC(=O)[C@H](Cc1cc(OC(=O)OC(C)(C)C)c(OC(=O)OC(C)(C)C)cc1I)NC(=O)OC(C)(C)C. The molecule has 0 heterocycles. The third-order valence-electron chi connectivity index (χ3n) is 3.88. The molecule has 1 amide bonds. The van der Waals surface area contributed by atoms with Crippen molar-refractivity contribution in [2.45, 2.75) is 91.6 Å². The number of ether oxygens (including phenoxy) is 6. The Morgan fingerprint density at radius 1 is 0.784 bits per heavy atom. The molecule has 1 aromatic rings. The topological polar surface area (TPSA) is 136 Å². The summed E-state index contributed by atoms with van der Waals surface area (Å²) in [4.78, 5) is 49.4. The van der Waals surface area contributed by atoms with Crippen molar-refractivity contribution in [3.05, 3.63) is 21.3 Å². The lowest BCUT2D eigenvalue weighted by atomic mass is 10.1. The first kappa shape index (κ1) is 32.3. The van der Waals surface area contributed by atoms with Gasteiger partial charge < -0.3 is 33.7 Å². The lowest BCUT2D eigenvalue weighted by Gasteiger charge is -2.23. The molecule has 1 N–H and O–H groups in total. The normalized spacial score (nSPS) is 12.6. The Kier molecular flexibility index (Phi) is 11.0. The van der Waals surface area contributed by atoms with Gasteiger partial charge in [-0.1, -0.05) is 0 Å². The summed E-state index contributed by atoms with van der Waals surface area (Å²) in [6, 6.07) is 1.71. The van der Waals surface area contributed by atoms with E-state index in [1.54, 1.807) is 62.3 Å². The van der Waals surface area contributed by atoms with Crippen LogP contribution in [0.25, 0.3) is 0 Å². The van der Waals surface area contributed by atoms with E-state index in [0.29, 0.717) is 9.13 Å². The number of alkyl carbamates (subject to hydrolysis) is 1. The first-order chi connectivity index (χ1) is 16.7. The molecule has 0 saturated carbocycles. The molecule has 0 saturated heterocycles. The molecule has 0 bridgehead atoms. The average Bonchev–Trinajstić information content (AvgIpc) is 2.65. The minimum atomic E-state index is -1.12. The van der Waals surface area contributed by atoms with Crippen LogP contribution in [0.15, 0.2) is 12.1 Å². The van der Waals surface area contributed by atoms with Crippen LogP contribution in [0.5, 0.6) is 11.5 Å². The Balaban J connectivity index is 3.36. The highest BCUT2D eigenvalue weighted by molar-refractivity contribution is 14.1. The number of hydrogen-bond donors (Lipinski definition) is 1. The van der Waals surface area contributed by atoms with Crippen molar-refractivity contribution >= 4 is 47.0 Å². The van der Waals surface area contributed by atoms with Crippen molar-refractivity contribution in [1.82, 2.24) is 5.32 Å². The lowest BCUT2D eigenvalue weighted by Crippen LogP contribution is -2.45. The third-order valence-corrected chi connectivity index (χ3v) is 4.88. The maximum absolute atomic E-state index is 12.4. The molecule has 0 fully saturated rings. The number of rotatable bonds is 6. The van der Waals surface area contributed by atoms with Gasteiger partial charge >= 0.3 is 24.4 Å². The predicted octanol–water partition coefficient (Wildman–Crippen LogP) is 5.53. The minimum absolute atomic E-state index is 0.0540. The van der Waals surface area contributed by atoms with Gasteiger partial charge in [-0.05, 0) is 103 Å². The van der Waals surface area contributed by atoms with E-state index in [-0.39, 0.29) is 17.9 Å². The van der Waals surface area contributed by atoms with Gasteiger partial charge in [-0.25, -0.2) is 19.2 Å². The Morgan fingerprint density at radius 2 is 1.22 bits per heavy atom. The number of amides is 1. The molecule has 0 aliphatic carbocycles. The van der Waals surface area contributed by atoms with E-state index in [9.17, 15) is 19.2 Å². The standard InChI is InChI=1S/C25H36INO10/c1-23(2,3)35-20(29)27-16(19(28)32-10)11-14-12-17(33-21(30)36-24(4,5)6)18(13-15(14)26)34-22(31)37-25(7,8)9/h12-13,16H,11H2,1-10H3,(H,27,29)/t16-/m0/s1. The molecule has 1 atom stereocenters. The van der Waals surface area contributed by atoms with Crippen LogP contribution in [0, 0.1) is 3.57 Å². The first-order valence-electron chi connectivity index (χ1n) is 11.4. The minimum Gasteiger partial charge on any atom is -0.467 e. The van der Waals surface area contributed by atoms with Crippen LogP contribution in [0.3, 0.4) is 0 Å². The monoisotopic (exact) mass is 637 g/mol. The molecule has 1 rings (SSSR count). The van der Waals surface area contributed by atoms with Gasteiger partial charge in [0.05, 0.1) is 7.11 Å². The molecule has 1 aromatic carbocycles. The molecule has 37 heavy (non-hydrogen) atoms. The molecule has 0 spiro atoms. The first-order valence-corrected chi connectivity index (χ1v) is 12.5. The Bertz CT molecular complexity index is 1000. The summed E-state index contributed by atoms with van der Waals surface area (Å²) in [6.07, 6.45) is -2.91. The van der Waals surface area contributed by atoms with Crippen LogP contribution in [-0.4, -0.2) is 54.3 Å². The van der Waals surface area contributed by atoms with Crippen LogP contribution >= 0.6 is 22.6 Å². The van der Waals surface area contributed by atoms with Crippen LogP contribution < -0.4 is 14.8 Å². The van der Waals surface area contributed by atoms with Gasteiger partial charge in [0, 0.05) is 9.99 Å². The van der Waals surface area contributed by atoms with E-state index in [1.165, 1.54) is 19.2 Å². The third kappa shape index (κ3) is 12.8. The number of carbonyl (C=O) groups is 4. The fraction of sp³-hybridized carbons (Fsp3) is 0.600. The zero-order valence-corrected chi connectivity index (χ0v) is 25.1. The molecule has 0 aliphatic rings. The van der Waals surface area contributed by atoms with E-state index >= 15 is 0 Å². The fourth-order valence-electron chi connectivity index (χ4n) is 2.62. The smallest absolute Gasteiger partial charge is 0.467 e. The summed E-state index contributed by atoms with van der Waals surface area (Å²) in [5.41, 5.74) is -1.98. The largest absolute Gasteiger partial charge is 0.514 e. The van der Waals surface area contributed by atoms with Gasteiger partial charge in [-0.2, -0.15) is 0 Å². The van der Waals surface area contributed by atoms with Gasteiger partial charge in [-0.3, -0.25) is 0 Å². The molecule has 0 unspecified atom stereocenters. The second-order valence-electron chi connectivity index (χ2n) is 10.9. The summed E-state index contributed by atoms with van der Waals surface area (Å²) in [5.74, 6) is -0.982. The zero-order valence-electron chi connectivity index (χ0n) is 22.9. The van der Waals surface area contributed by atoms with Crippen molar-refractivity contribution in [1.29, 1.82) is 0 Å². The summed E-state index contributed by atoms with van der Waals surface area (Å²) in [5, 5.41) is 2.49. The Hall–Kier alpha value is -2.77. The number of methoxy groups -OCH3 is 1. The van der Waals surface area contributed by atoms with Gasteiger partial charge in [0.1, 0.15) is 22.8 Å². The van der Waals surface area contributed by atoms with E-state index in [0.717, 1.165) is 0 Å². The van der Waals surface area contributed by atoms with E-state index in [2.05, 4.69) is 5.32 Å². The lowest BCUT2D eigenvalue weighted by molar-refractivity contribution is -0.143. The summed E-state index contributed by atoms with van der Waals surface area (Å²) < 4.78 is 31.6. The maximum Gasteiger partial charge on any atom is 0.514 e. The fourth-order valence-corrected chi connectivity index (χ4v) is 3.28. The number of benzene rings is 1. The Morgan fingerprint density at radius 3 is 1.62 bits per heavy atom. The van der Waals surface area contributed by atoms with Crippen LogP contribution in [0.4, 0.5) is 14.4 Å². The van der Waals surface area contributed by atoms with Gasteiger partial charge in [0.25, 0.3) is 0 Å². The molecule has 11 nitrogen and oxygen atoms in total. The number of halogens is 1. The molecule has 0 aliphatic heterocycles. The van der Waals surface area contributed by atoms with Crippen LogP contribution in [0.1, 0.15) is 67.9 Å². The molecule has 0 aromatic heterocycles. The van der Waals surface area contributed by atoms with Gasteiger partial charge in [0.15, 0.2) is 11.5 Å². The molecular weight excluding hydrogens is 601 g/mol. The number of carbonyl (C=O) groups excluding carboxylic acids is 4. The van der Waals surface area contributed by atoms with Crippen LogP contribution in [0.2, 0.25) is 0 Å². The van der Waals surface area contributed by atoms with E-state index in [4.69, 9.17) is 28.4 Å². The van der Waals surface area contributed by atoms with E-state index in [1.807, 2.05) is 22.6 Å². The predicted molar refractivity (Wildman–Crippen MR) is 142 cm³/mol. The summed E-state index contributed by atoms with van der Waals surface area (Å²) in [6.45, 7) is 15.1. The molecular formula is C25H36INO10. The molecule has 12 heteroatoms. The second-order valence-corrected chi connectivity index (χ2v) is 12.1. The highest BCUT2D eigenvalue weighted by Gasteiger charge is 2.28. The average molecular weight is 637 g/mol. The molecule has 208 valence electrons. The molecule has 0 radical (unpaired) electrons. The van der Waals surface area contributed by atoms with Crippen molar-refractivity contribution in [2.24, 2.45) is 0 Å². The highest BCUT2D eigenvalue weighted by atomic mass is 127.